The maximum Gasteiger partial charge on any atom is 0.268 e. The van der Waals surface area contributed by atoms with E-state index in [2.05, 4.69) is 40.7 Å². The zero-order valence-electron chi connectivity index (χ0n) is 19.6. The van der Waals surface area contributed by atoms with Crippen LogP contribution in [0.1, 0.15) is 41.4 Å². The number of nitrogens with zero attached hydrogens (tertiary/aromatic N) is 2. The molecule has 7 nitrogen and oxygen atoms in total. The number of allylic oxidation sites excluding steroid dienone is 1. The van der Waals surface area contributed by atoms with E-state index in [9.17, 15) is 9.00 Å². The number of carbonyl (C=O) groups is 1. The van der Waals surface area contributed by atoms with Gasteiger partial charge in [-0.1, -0.05) is 61.5 Å². The molecule has 0 radical (unpaired) electrons. The van der Waals surface area contributed by atoms with Gasteiger partial charge in [0.15, 0.2) is 0 Å². The SMILES string of the molecule is C=CC=N/C(Cl)=C\CNC(=O)c1c2c(cn1C)S(=N)(=O)N[C@@H]([C@@H](C)CCc1ccccc1)CC2. The molecule has 9 heteroatoms. The number of rotatable bonds is 9. The van der Waals surface area contributed by atoms with Crippen LogP contribution in [-0.4, -0.2) is 33.5 Å². The molecule has 1 aromatic heterocycles. The Labute approximate surface area is 207 Å². The van der Waals surface area contributed by atoms with E-state index in [4.69, 9.17) is 16.4 Å². The van der Waals surface area contributed by atoms with E-state index in [1.807, 2.05) is 18.2 Å². The second-order valence-electron chi connectivity index (χ2n) is 8.50. The smallest absolute Gasteiger partial charge is 0.268 e. The molecular formula is C25H32ClN5O2S. The number of amides is 1. The molecule has 1 unspecified atom stereocenters. The van der Waals surface area contributed by atoms with Crippen LogP contribution in [0.4, 0.5) is 0 Å². The van der Waals surface area contributed by atoms with Crippen LogP contribution < -0.4 is 10.0 Å². The van der Waals surface area contributed by atoms with Crippen LogP contribution in [-0.2, 0) is 29.8 Å². The summed E-state index contributed by atoms with van der Waals surface area (Å²) >= 11 is 5.97. The minimum atomic E-state index is -3.25. The number of halogens is 1. The highest BCUT2D eigenvalue weighted by Crippen LogP contribution is 2.30. The van der Waals surface area contributed by atoms with E-state index in [0.29, 0.717) is 29.0 Å². The number of nitrogens with one attached hydrogen (secondary N) is 3. The first-order chi connectivity index (χ1) is 16.2. The van der Waals surface area contributed by atoms with Crippen molar-refractivity contribution < 1.29 is 9.00 Å². The first-order valence-corrected chi connectivity index (χ1v) is 13.2. The molecule has 1 aliphatic heterocycles. The Morgan fingerprint density at radius 3 is 2.88 bits per heavy atom. The molecule has 2 heterocycles. The second kappa shape index (κ2) is 11.6. The lowest BCUT2D eigenvalue weighted by Crippen LogP contribution is -2.37. The first kappa shape index (κ1) is 25.9. The molecule has 182 valence electrons. The molecule has 1 amide bonds. The highest BCUT2D eigenvalue weighted by Gasteiger charge is 2.32. The number of hydrogen-bond donors (Lipinski definition) is 3. The summed E-state index contributed by atoms with van der Waals surface area (Å²) in [5.74, 6) is -0.0762. The van der Waals surface area contributed by atoms with Crippen molar-refractivity contribution in [2.24, 2.45) is 18.0 Å². The third kappa shape index (κ3) is 6.46. The van der Waals surface area contributed by atoms with Gasteiger partial charge in [-0.05, 0) is 43.2 Å². The van der Waals surface area contributed by atoms with Gasteiger partial charge in [0.2, 0.25) is 0 Å². The van der Waals surface area contributed by atoms with E-state index in [-0.39, 0.29) is 29.6 Å². The summed E-state index contributed by atoms with van der Waals surface area (Å²) in [6.45, 7) is 5.86. The van der Waals surface area contributed by atoms with Crippen LogP contribution in [0.5, 0.6) is 0 Å². The summed E-state index contributed by atoms with van der Waals surface area (Å²) in [4.78, 5) is 17.3. The molecule has 1 aliphatic rings. The zero-order valence-corrected chi connectivity index (χ0v) is 21.2. The third-order valence-electron chi connectivity index (χ3n) is 6.05. The molecule has 2 aromatic rings. The normalized spacial score (nSPS) is 21.6. The monoisotopic (exact) mass is 501 g/mol. The molecular weight excluding hydrogens is 470 g/mol. The quantitative estimate of drug-likeness (QED) is 0.346. The summed E-state index contributed by atoms with van der Waals surface area (Å²) < 4.78 is 26.7. The van der Waals surface area contributed by atoms with Crippen molar-refractivity contribution in [3.63, 3.8) is 0 Å². The van der Waals surface area contributed by atoms with Crippen molar-refractivity contribution in [1.29, 1.82) is 4.78 Å². The molecule has 3 N–H and O–H groups in total. The Morgan fingerprint density at radius 2 is 2.18 bits per heavy atom. The summed E-state index contributed by atoms with van der Waals surface area (Å²) in [6, 6.07) is 10.2. The van der Waals surface area contributed by atoms with Gasteiger partial charge in [0.05, 0.1) is 4.90 Å². The fourth-order valence-corrected chi connectivity index (χ4v) is 6.09. The molecule has 0 saturated carbocycles. The van der Waals surface area contributed by atoms with E-state index in [0.717, 1.165) is 12.8 Å². The van der Waals surface area contributed by atoms with Crippen molar-refractivity contribution in [2.45, 2.75) is 43.5 Å². The summed E-state index contributed by atoms with van der Waals surface area (Å²) in [5.41, 5.74) is 2.36. The zero-order chi connectivity index (χ0) is 24.7. The lowest BCUT2D eigenvalue weighted by Gasteiger charge is -2.24. The standard InChI is InChI=1S/C25H32ClN5O2S/c1-4-15-28-23(26)14-16-29-25(32)24-20-12-13-21(30-34(27,33)22(20)17-31(24)3)18(2)10-11-19-8-6-5-7-9-19/h4-9,14-15,17-18,21H,1,10-13,16H2,2-3H3,(H,29,32)(H2,27,30,33)/b23-14-,28-15?/t18-,21+,34?/m0/s1. The van der Waals surface area contributed by atoms with Gasteiger partial charge in [-0.25, -0.2) is 18.7 Å². The fraction of sp³-hybridized carbons (Fsp3) is 0.360. The summed E-state index contributed by atoms with van der Waals surface area (Å²) in [6.07, 6.45) is 9.32. The third-order valence-corrected chi connectivity index (χ3v) is 7.91. The summed E-state index contributed by atoms with van der Waals surface area (Å²) in [7, 11) is -1.52. The number of hydrogen-bond acceptors (Lipinski definition) is 4. The van der Waals surface area contributed by atoms with Gasteiger partial charge in [-0.2, -0.15) is 0 Å². The molecule has 1 aromatic carbocycles. The van der Waals surface area contributed by atoms with Gasteiger partial charge in [0.1, 0.15) is 20.8 Å². The van der Waals surface area contributed by atoms with Crippen LogP contribution >= 0.6 is 11.6 Å². The summed E-state index contributed by atoms with van der Waals surface area (Å²) in [5, 5.41) is 3.06. The second-order valence-corrected chi connectivity index (χ2v) is 10.7. The Balaban J connectivity index is 1.72. The number of aromatic nitrogens is 1. The van der Waals surface area contributed by atoms with Gasteiger partial charge >= 0.3 is 0 Å². The Morgan fingerprint density at radius 1 is 1.44 bits per heavy atom. The number of benzene rings is 1. The number of aliphatic imine (C=N–C) groups is 1. The van der Waals surface area contributed by atoms with Crippen LogP contribution in [0.3, 0.4) is 0 Å². The lowest BCUT2D eigenvalue weighted by atomic mass is 9.91. The van der Waals surface area contributed by atoms with Gasteiger partial charge in [0, 0.05) is 37.6 Å². The highest BCUT2D eigenvalue weighted by atomic mass is 35.5. The maximum atomic E-state index is 13.4. The molecule has 0 fully saturated rings. The van der Waals surface area contributed by atoms with Crippen molar-refractivity contribution >= 4 is 33.6 Å². The molecule has 3 atom stereocenters. The van der Waals surface area contributed by atoms with Crippen LogP contribution in [0, 0.1) is 10.7 Å². The van der Waals surface area contributed by atoms with E-state index >= 15 is 0 Å². The van der Waals surface area contributed by atoms with Crippen molar-refractivity contribution in [1.82, 2.24) is 14.6 Å². The van der Waals surface area contributed by atoms with Crippen molar-refractivity contribution in [2.75, 3.05) is 6.54 Å². The topological polar surface area (TPSA) is 99.3 Å². The average Bonchev–Trinajstić information content (AvgIpc) is 3.10. The fourth-order valence-electron chi connectivity index (χ4n) is 4.20. The van der Waals surface area contributed by atoms with Crippen molar-refractivity contribution in [3.8, 4) is 0 Å². The Bertz CT molecular complexity index is 1190. The predicted octanol–water partition coefficient (Wildman–Crippen LogP) is 4.59. The maximum absolute atomic E-state index is 13.4. The van der Waals surface area contributed by atoms with Crippen LogP contribution in [0.25, 0.3) is 0 Å². The first-order valence-electron chi connectivity index (χ1n) is 11.3. The average molecular weight is 502 g/mol. The van der Waals surface area contributed by atoms with E-state index in [1.165, 1.54) is 17.9 Å². The largest absolute Gasteiger partial charge is 0.347 e. The van der Waals surface area contributed by atoms with Gasteiger partial charge in [-0.3, -0.25) is 4.79 Å². The molecule has 0 spiro atoms. The number of carbonyl (C=O) groups excluding carboxylic acids is 1. The van der Waals surface area contributed by atoms with E-state index < -0.39 is 9.92 Å². The Hall–Kier alpha value is -2.68. The molecule has 0 aliphatic carbocycles. The predicted molar refractivity (Wildman–Crippen MR) is 139 cm³/mol. The molecule has 0 saturated heterocycles. The molecule has 34 heavy (non-hydrogen) atoms. The van der Waals surface area contributed by atoms with Crippen LogP contribution in [0.2, 0.25) is 0 Å². The minimum absolute atomic E-state index is 0.0770. The Kier molecular flexibility index (Phi) is 8.88. The number of aryl methyl sites for hydroxylation is 2. The lowest BCUT2D eigenvalue weighted by molar-refractivity contribution is 0.0948. The van der Waals surface area contributed by atoms with Gasteiger partial charge < -0.3 is 9.88 Å². The van der Waals surface area contributed by atoms with Gasteiger partial charge in [-0.15, -0.1) is 0 Å². The molecule has 3 rings (SSSR count). The van der Waals surface area contributed by atoms with Gasteiger partial charge in [0.25, 0.3) is 5.91 Å². The van der Waals surface area contributed by atoms with Crippen molar-refractivity contribution in [3.05, 3.63) is 77.2 Å². The highest BCUT2D eigenvalue weighted by molar-refractivity contribution is 7.90. The number of fused-ring (bicyclic) bond motifs is 1. The van der Waals surface area contributed by atoms with Crippen LogP contribution in [0.15, 0.2) is 70.3 Å². The molecule has 0 bridgehead atoms. The minimum Gasteiger partial charge on any atom is -0.347 e. The van der Waals surface area contributed by atoms with E-state index in [1.54, 1.807) is 23.9 Å².